The van der Waals surface area contributed by atoms with E-state index in [2.05, 4.69) is 17.9 Å². The molecule has 1 N–H and O–H groups in total. The number of nitrogens with zero attached hydrogens (tertiary/aromatic N) is 1. The van der Waals surface area contributed by atoms with Gasteiger partial charge in [0.15, 0.2) is 0 Å². The van der Waals surface area contributed by atoms with Crippen molar-refractivity contribution in [2.24, 2.45) is 0 Å². The number of rotatable bonds is 5. The highest BCUT2D eigenvalue weighted by Gasteiger charge is 2.13. The Balaban J connectivity index is 1.95. The molecule has 6 heteroatoms. The summed E-state index contributed by atoms with van der Waals surface area (Å²) in [7, 11) is 0. The van der Waals surface area contributed by atoms with Crippen molar-refractivity contribution in [3.05, 3.63) is 69.8 Å². The van der Waals surface area contributed by atoms with Crippen molar-refractivity contribution in [3.8, 4) is 0 Å². The summed E-state index contributed by atoms with van der Waals surface area (Å²) < 4.78 is 0. The molecule has 2 aromatic rings. The third kappa shape index (κ3) is 4.32. The maximum atomic E-state index is 11.9. The van der Waals surface area contributed by atoms with Crippen molar-refractivity contribution >= 4 is 24.2 Å². The molecule has 108 valence electrons. The first-order valence-electron chi connectivity index (χ1n) is 6.33. The monoisotopic (exact) mass is 302 g/mol. The van der Waals surface area contributed by atoms with Gasteiger partial charge in [-0.15, -0.1) is 12.6 Å². The Morgan fingerprint density at radius 2 is 1.81 bits per heavy atom. The number of benzene rings is 2. The largest absolute Gasteiger partial charge is 0.351 e. The Kier molecular flexibility index (Phi) is 4.94. The summed E-state index contributed by atoms with van der Waals surface area (Å²) in [6, 6.07) is 13.6. The van der Waals surface area contributed by atoms with Crippen LogP contribution in [0.1, 0.15) is 11.1 Å². The first kappa shape index (κ1) is 15.1. The lowest BCUT2D eigenvalue weighted by atomic mass is 10.1. The molecule has 0 saturated carbocycles. The average Bonchev–Trinajstić information content (AvgIpc) is 2.48. The van der Waals surface area contributed by atoms with Crippen molar-refractivity contribution < 1.29 is 9.72 Å². The number of carbonyl (C=O) groups is 1. The van der Waals surface area contributed by atoms with Crippen molar-refractivity contribution in [1.29, 1.82) is 0 Å². The molecule has 0 aliphatic carbocycles. The Morgan fingerprint density at radius 3 is 2.48 bits per heavy atom. The number of amides is 1. The van der Waals surface area contributed by atoms with Crippen LogP contribution in [0, 0.1) is 10.1 Å². The molecule has 0 aliphatic heterocycles. The smallest absolute Gasteiger partial charge is 0.274 e. The van der Waals surface area contributed by atoms with Gasteiger partial charge in [-0.05, 0) is 17.7 Å². The van der Waals surface area contributed by atoms with Crippen LogP contribution in [0.5, 0.6) is 0 Å². The van der Waals surface area contributed by atoms with Crippen LogP contribution in [-0.4, -0.2) is 10.8 Å². The topological polar surface area (TPSA) is 72.2 Å². The van der Waals surface area contributed by atoms with E-state index in [9.17, 15) is 14.9 Å². The van der Waals surface area contributed by atoms with Gasteiger partial charge in [-0.25, -0.2) is 0 Å². The summed E-state index contributed by atoms with van der Waals surface area (Å²) in [6.07, 6.45) is 0.231. The molecule has 0 atom stereocenters. The van der Waals surface area contributed by atoms with Gasteiger partial charge < -0.3 is 5.32 Å². The number of nitrogens with one attached hydrogen (secondary N) is 1. The highest BCUT2D eigenvalue weighted by molar-refractivity contribution is 7.80. The number of hydrogen-bond donors (Lipinski definition) is 2. The fourth-order valence-electron chi connectivity index (χ4n) is 1.89. The van der Waals surface area contributed by atoms with E-state index in [1.54, 1.807) is 18.2 Å². The molecule has 0 aromatic heterocycles. The standard InChI is InChI=1S/C15H14N2O3S/c18-15(9-11-5-7-13(21)8-6-11)16-10-12-3-1-2-4-14(12)17(19)20/h1-8,21H,9-10H2,(H,16,18). The second kappa shape index (κ2) is 6.90. The summed E-state index contributed by atoms with van der Waals surface area (Å²) >= 11 is 4.18. The molecular weight excluding hydrogens is 288 g/mol. The van der Waals surface area contributed by atoms with Crippen molar-refractivity contribution in [2.45, 2.75) is 17.9 Å². The Morgan fingerprint density at radius 1 is 1.14 bits per heavy atom. The zero-order valence-corrected chi connectivity index (χ0v) is 12.0. The van der Waals surface area contributed by atoms with E-state index in [1.807, 2.05) is 24.3 Å². The highest BCUT2D eigenvalue weighted by Crippen LogP contribution is 2.17. The maximum Gasteiger partial charge on any atom is 0.274 e. The van der Waals surface area contributed by atoms with Crippen molar-refractivity contribution in [1.82, 2.24) is 5.32 Å². The summed E-state index contributed by atoms with van der Waals surface area (Å²) in [4.78, 5) is 23.1. The molecule has 1 amide bonds. The zero-order chi connectivity index (χ0) is 15.2. The van der Waals surface area contributed by atoms with Crippen LogP contribution in [0.4, 0.5) is 5.69 Å². The molecule has 21 heavy (non-hydrogen) atoms. The summed E-state index contributed by atoms with van der Waals surface area (Å²) in [6.45, 7) is 0.140. The number of para-hydroxylation sites is 1. The van der Waals surface area contributed by atoms with Crippen LogP contribution in [0.3, 0.4) is 0 Å². The van der Waals surface area contributed by atoms with E-state index in [0.717, 1.165) is 10.5 Å². The van der Waals surface area contributed by atoms with E-state index in [0.29, 0.717) is 5.56 Å². The van der Waals surface area contributed by atoms with Crippen LogP contribution in [-0.2, 0) is 17.8 Å². The van der Waals surface area contributed by atoms with Gasteiger partial charge >= 0.3 is 0 Å². The van der Waals surface area contributed by atoms with Crippen molar-refractivity contribution in [2.75, 3.05) is 0 Å². The molecule has 0 radical (unpaired) electrons. The quantitative estimate of drug-likeness (QED) is 0.507. The number of nitro groups is 1. The molecule has 0 aliphatic rings. The molecule has 5 nitrogen and oxygen atoms in total. The summed E-state index contributed by atoms with van der Waals surface area (Å²) in [5, 5.41) is 13.6. The SMILES string of the molecule is O=C(Cc1ccc(S)cc1)NCc1ccccc1[N+](=O)[O-]. The highest BCUT2D eigenvalue weighted by atomic mass is 32.1. The predicted molar refractivity (Wildman–Crippen MR) is 82.3 cm³/mol. The fraction of sp³-hybridized carbons (Fsp3) is 0.133. The van der Waals surface area contributed by atoms with Crippen LogP contribution < -0.4 is 5.32 Å². The van der Waals surface area contributed by atoms with Gasteiger partial charge in [-0.2, -0.15) is 0 Å². The number of nitro benzene ring substituents is 1. The first-order valence-corrected chi connectivity index (χ1v) is 6.78. The first-order chi connectivity index (χ1) is 10.1. The van der Waals surface area contributed by atoms with Crippen LogP contribution in [0.2, 0.25) is 0 Å². The van der Waals surface area contributed by atoms with Crippen LogP contribution >= 0.6 is 12.6 Å². The lowest BCUT2D eigenvalue weighted by molar-refractivity contribution is -0.385. The van der Waals surface area contributed by atoms with E-state index in [4.69, 9.17) is 0 Å². The van der Waals surface area contributed by atoms with Crippen LogP contribution in [0.15, 0.2) is 53.4 Å². The molecule has 2 aromatic carbocycles. The Hall–Kier alpha value is -2.34. The Bertz CT molecular complexity index is 656. The molecule has 0 saturated heterocycles. The van der Waals surface area contributed by atoms with Gasteiger partial charge in [-0.1, -0.05) is 30.3 Å². The van der Waals surface area contributed by atoms with Crippen LogP contribution in [0.25, 0.3) is 0 Å². The third-order valence-electron chi connectivity index (χ3n) is 2.97. The lowest BCUT2D eigenvalue weighted by Crippen LogP contribution is -2.24. The fourth-order valence-corrected chi connectivity index (χ4v) is 2.04. The summed E-state index contributed by atoms with van der Waals surface area (Å²) in [5.41, 5.74) is 1.37. The number of thiol groups is 1. The maximum absolute atomic E-state index is 11.9. The lowest BCUT2D eigenvalue weighted by Gasteiger charge is -2.06. The number of carbonyl (C=O) groups excluding carboxylic acids is 1. The molecule has 0 heterocycles. The minimum atomic E-state index is -0.451. The van der Waals surface area contributed by atoms with Gasteiger partial charge in [0, 0.05) is 23.1 Å². The van der Waals surface area contributed by atoms with E-state index >= 15 is 0 Å². The van der Waals surface area contributed by atoms with Crippen molar-refractivity contribution in [3.63, 3.8) is 0 Å². The molecule has 0 spiro atoms. The predicted octanol–water partition coefficient (Wildman–Crippen LogP) is 2.74. The molecule has 2 rings (SSSR count). The molecule has 0 unspecified atom stereocenters. The van der Waals surface area contributed by atoms with E-state index < -0.39 is 4.92 Å². The van der Waals surface area contributed by atoms with Gasteiger partial charge in [0.05, 0.1) is 11.3 Å². The normalized spacial score (nSPS) is 10.1. The second-order valence-corrected chi connectivity index (χ2v) is 5.02. The summed E-state index contributed by atoms with van der Waals surface area (Å²) in [5.74, 6) is -0.180. The number of hydrogen-bond acceptors (Lipinski definition) is 4. The third-order valence-corrected chi connectivity index (χ3v) is 3.26. The van der Waals surface area contributed by atoms with E-state index in [-0.39, 0.29) is 24.6 Å². The average molecular weight is 302 g/mol. The van der Waals surface area contributed by atoms with Gasteiger partial charge in [-0.3, -0.25) is 14.9 Å². The van der Waals surface area contributed by atoms with Gasteiger partial charge in [0.1, 0.15) is 0 Å². The Labute approximate surface area is 127 Å². The zero-order valence-electron chi connectivity index (χ0n) is 11.2. The second-order valence-electron chi connectivity index (χ2n) is 4.51. The van der Waals surface area contributed by atoms with E-state index in [1.165, 1.54) is 6.07 Å². The molecular formula is C15H14N2O3S. The minimum absolute atomic E-state index is 0.0113. The van der Waals surface area contributed by atoms with Gasteiger partial charge in [0.2, 0.25) is 5.91 Å². The molecule has 0 fully saturated rings. The minimum Gasteiger partial charge on any atom is -0.351 e. The molecule has 0 bridgehead atoms. The van der Waals surface area contributed by atoms with Gasteiger partial charge in [0.25, 0.3) is 5.69 Å².